The standard InChI is InChI=1S/C22H29N3O/c1-13(2)11-25-12-16(6)21-19(25)10-15(5)20(24-21)17-8-9-18(14(3)4)23-22(17)26-7/h8-10,12-14H,11H2,1-7H3. The van der Waals surface area contributed by atoms with Crippen LogP contribution in [0.25, 0.3) is 22.3 Å². The van der Waals surface area contributed by atoms with Crippen molar-refractivity contribution < 1.29 is 4.74 Å². The van der Waals surface area contributed by atoms with E-state index in [4.69, 9.17) is 9.72 Å². The van der Waals surface area contributed by atoms with Gasteiger partial charge in [0, 0.05) is 18.4 Å². The van der Waals surface area contributed by atoms with E-state index in [1.54, 1.807) is 7.11 Å². The Morgan fingerprint density at radius 3 is 2.38 bits per heavy atom. The van der Waals surface area contributed by atoms with Gasteiger partial charge in [-0.05, 0) is 55.0 Å². The highest BCUT2D eigenvalue weighted by Crippen LogP contribution is 2.33. The number of hydrogen-bond donors (Lipinski definition) is 0. The normalized spacial score (nSPS) is 11.7. The lowest BCUT2D eigenvalue weighted by atomic mass is 10.0. The second kappa shape index (κ2) is 7.10. The van der Waals surface area contributed by atoms with Gasteiger partial charge in [-0.1, -0.05) is 27.7 Å². The van der Waals surface area contributed by atoms with E-state index in [2.05, 4.69) is 75.5 Å². The molecule has 3 aromatic rings. The molecule has 26 heavy (non-hydrogen) atoms. The molecule has 0 atom stereocenters. The van der Waals surface area contributed by atoms with Crippen LogP contribution < -0.4 is 4.74 Å². The summed E-state index contributed by atoms with van der Waals surface area (Å²) in [6.07, 6.45) is 2.21. The van der Waals surface area contributed by atoms with E-state index in [0.717, 1.165) is 34.6 Å². The van der Waals surface area contributed by atoms with Gasteiger partial charge in [-0.15, -0.1) is 0 Å². The van der Waals surface area contributed by atoms with Gasteiger partial charge in [0.25, 0.3) is 0 Å². The van der Waals surface area contributed by atoms with Crippen LogP contribution in [0.2, 0.25) is 0 Å². The molecule has 0 aliphatic rings. The molecular formula is C22H29N3O. The van der Waals surface area contributed by atoms with Gasteiger partial charge in [0.2, 0.25) is 5.88 Å². The van der Waals surface area contributed by atoms with Crippen LogP contribution >= 0.6 is 0 Å². The molecule has 0 aliphatic carbocycles. The number of pyridine rings is 2. The number of ether oxygens (including phenoxy) is 1. The summed E-state index contributed by atoms with van der Waals surface area (Å²) in [6.45, 7) is 14.0. The fourth-order valence-electron chi connectivity index (χ4n) is 3.40. The van der Waals surface area contributed by atoms with Gasteiger partial charge in [0.15, 0.2) is 0 Å². The van der Waals surface area contributed by atoms with Crippen molar-refractivity contribution in [2.75, 3.05) is 7.11 Å². The quantitative estimate of drug-likeness (QED) is 0.609. The van der Waals surface area contributed by atoms with E-state index >= 15 is 0 Å². The SMILES string of the molecule is COc1nc(C(C)C)ccc1-c1nc2c(C)cn(CC(C)C)c2cc1C. The second-order valence-corrected chi connectivity index (χ2v) is 7.83. The van der Waals surface area contributed by atoms with Gasteiger partial charge >= 0.3 is 0 Å². The molecular weight excluding hydrogens is 322 g/mol. The highest BCUT2D eigenvalue weighted by atomic mass is 16.5. The summed E-state index contributed by atoms with van der Waals surface area (Å²) in [6, 6.07) is 6.40. The molecule has 0 amide bonds. The number of rotatable bonds is 5. The largest absolute Gasteiger partial charge is 0.480 e. The fourth-order valence-corrected chi connectivity index (χ4v) is 3.40. The summed E-state index contributed by atoms with van der Waals surface area (Å²) in [5.41, 5.74) is 7.52. The van der Waals surface area contributed by atoms with Crippen LogP contribution in [0.5, 0.6) is 5.88 Å². The van der Waals surface area contributed by atoms with E-state index in [0.29, 0.717) is 17.7 Å². The molecule has 0 bridgehead atoms. The molecule has 0 N–H and O–H groups in total. The third-order valence-electron chi connectivity index (χ3n) is 4.71. The smallest absolute Gasteiger partial charge is 0.222 e. The Labute approximate surface area is 156 Å². The Morgan fingerprint density at radius 1 is 1.04 bits per heavy atom. The molecule has 3 aromatic heterocycles. The number of fused-ring (bicyclic) bond motifs is 1. The molecule has 3 heterocycles. The van der Waals surface area contributed by atoms with Crippen molar-refractivity contribution in [2.45, 2.75) is 54.0 Å². The van der Waals surface area contributed by atoms with Crippen molar-refractivity contribution in [2.24, 2.45) is 5.92 Å². The number of methoxy groups -OCH3 is 1. The van der Waals surface area contributed by atoms with E-state index in [1.807, 2.05) is 0 Å². The molecule has 138 valence electrons. The monoisotopic (exact) mass is 351 g/mol. The minimum Gasteiger partial charge on any atom is -0.480 e. The lowest BCUT2D eigenvalue weighted by Gasteiger charge is -2.14. The molecule has 0 aromatic carbocycles. The van der Waals surface area contributed by atoms with Gasteiger partial charge in [-0.25, -0.2) is 9.97 Å². The van der Waals surface area contributed by atoms with E-state index in [-0.39, 0.29) is 0 Å². The Morgan fingerprint density at radius 2 is 1.77 bits per heavy atom. The number of aryl methyl sites for hydroxylation is 2. The van der Waals surface area contributed by atoms with Crippen LogP contribution in [-0.2, 0) is 6.54 Å². The highest BCUT2D eigenvalue weighted by molar-refractivity contribution is 5.85. The third-order valence-corrected chi connectivity index (χ3v) is 4.71. The maximum atomic E-state index is 5.59. The average Bonchev–Trinajstić information content (AvgIpc) is 2.87. The Bertz CT molecular complexity index is 938. The molecule has 4 heteroatoms. The van der Waals surface area contributed by atoms with Gasteiger partial charge in [-0.2, -0.15) is 0 Å². The molecule has 0 unspecified atom stereocenters. The lowest BCUT2D eigenvalue weighted by molar-refractivity contribution is 0.397. The number of nitrogens with zero attached hydrogens (tertiary/aromatic N) is 3. The van der Waals surface area contributed by atoms with Gasteiger partial charge in [-0.3, -0.25) is 0 Å². The summed E-state index contributed by atoms with van der Waals surface area (Å²) in [4.78, 5) is 9.70. The second-order valence-electron chi connectivity index (χ2n) is 7.83. The first kappa shape index (κ1) is 18.4. The van der Waals surface area contributed by atoms with E-state index in [9.17, 15) is 0 Å². The first-order chi connectivity index (χ1) is 12.3. The van der Waals surface area contributed by atoms with Crippen LogP contribution in [0.3, 0.4) is 0 Å². The topological polar surface area (TPSA) is 39.9 Å². The van der Waals surface area contributed by atoms with Crippen molar-refractivity contribution in [1.29, 1.82) is 0 Å². The molecule has 3 rings (SSSR count). The third kappa shape index (κ3) is 3.33. The molecule has 0 saturated carbocycles. The molecule has 0 saturated heterocycles. The van der Waals surface area contributed by atoms with Crippen molar-refractivity contribution >= 4 is 11.0 Å². The Kier molecular flexibility index (Phi) is 5.03. The summed E-state index contributed by atoms with van der Waals surface area (Å²) in [5.74, 6) is 1.60. The molecule has 0 aliphatic heterocycles. The number of aromatic nitrogens is 3. The molecule has 0 fully saturated rings. The first-order valence-electron chi connectivity index (χ1n) is 9.34. The zero-order chi connectivity index (χ0) is 19.0. The highest BCUT2D eigenvalue weighted by Gasteiger charge is 2.17. The number of hydrogen-bond acceptors (Lipinski definition) is 3. The maximum absolute atomic E-state index is 5.59. The lowest BCUT2D eigenvalue weighted by Crippen LogP contribution is -2.03. The summed E-state index contributed by atoms with van der Waals surface area (Å²) in [7, 11) is 1.67. The molecule has 0 radical (unpaired) electrons. The maximum Gasteiger partial charge on any atom is 0.222 e. The fraction of sp³-hybridized carbons (Fsp3) is 0.455. The first-order valence-corrected chi connectivity index (χ1v) is 9.34. The average molecular weight is 351 g/mol. The minimum atomic E-state index is 0.363. The van der Waals surface area contributed by atoms with Crippen LogP contribution in [-0.4, -0.2) is 21.6 Å². The van der Waals surface area contributed by atoms with Gasteiger partial charge in [0.1, 0.15) is 0 Å². The Balaban J connectivity index is 2.17. The van der Waals surface area contributed by atoms with Gasteiger partial charge < -0.3 is 9.30 Å². The zero-order valence-corrected chi connectivity index (χ0v) is 16.9. The van der Waals surface area contributed by atoms with E-state index in [1.165, 1.54) is 11.1 Å². The minimum absolute atomic E-state index is 0.363. The van der Waals surface area contributed by atoms with Crippen molar-refractivity contribution in [1.82, 2.24) is 14.5 Å². The Hall–Kier alpha value is -2.36. The predicted molar refractivity (Wildman–Crippen MR) is 108 cm³/mol. The summed E-state index contributed by atoms with van der Waals surface area (Å²) < 4.78 is 7.91. The molecule has 0 spiro atoms. The van der Waals surface area contributed by atoms with Crippen molar-refractivity contribution in [3.05, 3.63) is 41.2 Å². The summed E-state index contributed by atoms with van der Waals surface area (Å²) in [5, 5.41) is 0. The molecule has 4 nitrogen and oxygen atoms in total. The van der Waals surface area contributed by atoms with Crippen molar-refractivity contribution in [3.63, 3.8) is 0 Å². The van der Waals surface area contributed by atoms with Crippen molar-refractivity contribution in [3.8, 4) is 17.1 Å². The van der Waals surface area contributed by atoms with Crippen LogP contribution in [0, 0.1) is 19.8 Å². The predicted octanol–water partition coefficient (Wildman–Crippen LogP) is 5.50. The van der Waals surface area contributed by atoms with Crippen LogP contribution in [0.15, 0.2) is 24.4 Å². The van der Waals surface area contributed by atoms with Crippen LogP contribution in [0.4, 0.5) is 0 Å². The summed E-state index contributed by atoms with van der Waals surface area (Å²) >= 11 is 0. The van der Waals surface area contributed by atoms with E-state index < -0.39 is 0 Å². The van der Waals surface area contributed by atoms with Crippen LogP contribution in [0.1, 0.15) is 50.4 Å². The van der Waals surface area contributed by atoms with Gasteiger partial charge in [0.05, 0.1) is 29.4 Å². The zero-order valence-electron chi connectivity index (χ0n) is 16.9.